The molecule has 0 bridgehead atoms. The molecule has 5 heteroatoms. The van der Waals surface area contributed by atoms with E-state index in [1.165, 1.54) is 18.2 Å². The third-order valence-corrected chi connectivity index (χ3v) is 5.09. The molecule has 0 aliphatic carbocycles. The van der Waals surface area contributed by atoms with E-state index in [1.807, 2.05) is 6.07 Å². The van der Waals surface area contributed by atoms with Crippen LogP contribution in [0.5, 0.6) is 0 Å². The van der Waals surface area contributed by atoms with Crippen molar-refractivity contribution in [2.75, 3.05) is 6.61 Å². The zero-order valence-electron chi connectivity index (χ0n) is 13.3. The van der Waals surface area contributed by atoms with Gasteiger partial charge in [-0.2, -0.15) is 0 Å². The Morgan fingerprint density at radius 2 is 1.71 bits per heavy atom. The van der Waals surface area contributed by atoms with Gasteiger partial charge in [-0.3, -0.25) is 0 Å². The molecule has 0 aromatic heterocycles. The Morgan fingerprint density at radius 3 is 2.29 bits per heavy atom. The molecule has 4 nitrogen and oxygen atoms in total. The van der Waals surface area contributed by atoms with Crippen LogP contribution in [0.15, 0.2) is 72.1 Å². The van der Waals surface area contributed by atoms with Gasteiger partial charge in [0.1, 0.15) is 0 Å². The molecular weight excluding hydrogens is 324 g/mol. The summed E-state index contributed by atoms with van der Waals surface area (Å²) in [6, 6.07) is 15.0. The Labute approximate surface area is 142 Å². The summed E-state index contributed by atoms with van der Waals surface area (Å²) in [5.74, 6) is -0.438. The number of sulfone groups is 1. The quantitative estimate of drug-likeness (QED) is 0.593. The molecule has 0 fully saturated rings. The molecule has 0 unspecified atom stereocenters. The molecule has 0 saturated carbocycles. The number of benzene rings is 2. The van der Waals surface area contributed by atoms with Crippen molar-refractivity contribution in [3.63, 3.8) is 0 Å². The van der Waals surface area contributed by atoms with Gasteiger partial charge in [-0.05, 0) is 36.3 Å². The van der Waals surface area contributed by atoms with E-state index in [1.54, 1.807) is 49.4 Å². The van der Waals surface area contributed by atoms with Gasteiger partial charge in [0.25, 0.3) is 0 Å². The number of carbonyl (C=O) groups is 1. The van der Waals surface area contributed by atoms with Gasteiger partial charge in [-0.25, -0.2) is 13.2 Å². The first-order valence-corrected chi connectivity index (χ1v) is 8.88. The molecule has 2 rings (SSSR count). The SMILES string of the molecule is C=C(c1ccccc1)S(=O)(=O)c1ccc(/C=C/C(=O)OCC)cc1. The van der Waals surface area contributed by atoms with Crippen molar-refractivity contribution in [3.8, 4) is 0 Å². The number of esters is 1. The molecule has 0 heterocycles. The highest BCUT2D eigenvalue weighted by Gasteiger charge is 2.19. The lowest BCUT2D eigenvalue weighted by Gasteiger charge is -2.08. The highest BCUT2D eigenvalue weighted by atomic mass is 32.2. The second kappa shape index (κ2) is 7.75. The van der Waals surface area contributed by atoms with Crippen LogP contribution in [0.25, 0.3) is 11.0 Å². The average molecular weight is 342 g/mol. The number of hydrogen-bond donors (Lipinski definition) is 0. The molecule has 0 saturated heterocycles. The minimum Gasteiger partial charge on any atom is -0.463 e. The van der Waals surface area contributed by atoms with Crippen LogP contribution in [0.1, 0.15) is 18.1 Å². The summed E-state index contributed by atoms with van der Waals surface area (Å²) < 4.78 is 30.0. The lowest BCUT2D eigenvalue weighted by Crippen LogP contribution is -2.03. The molecule has 0 radical (unpaired) electrons. The molecule has 24 heavy (non-hydrogen) atoms. The predicted molar refractivity (Wildman–Crippen MR) is 94.8 cm³/mol. The molecule has 2 aromatic rings. The fraction of sp³-hybridized carbons (Fsp3) is 0.105. The highest BCUT2D eigenvalue weighted by molar-refractivity contribution is 8.00. The zero-order chi connectivity index (χ0) is 17.6. The maximum atomic E-state index is 12.6. The van der Waals surface area contributed by atoms with Crippen molar-refractivity contribution in [3.05, 3.63) is 78.4 Å². The van der Waals surface area contributed by atoms with Gasteiger partial charge in [0.15, 0.2) is 0 Å². The van der Waals surface area contributed by atoms with Crippen molar-refractivity contribution in [1.82, 2.24) is 0 Å². The van der Waals surface area contributed by atoms with Gasteiger partial charge < -0.3 is 4.74 Å². The number of carbonyl (C=O) groups excluding carboxylic acids is 1. The normalized spacial score (nSPS) is 11.4. The fourth-order valence-electron chi connectivity index (χ4n) is 2.03. The second-order valence-electron chi connectivity index (χ2n) is 4.95. The van der Waals surface area contributed by atoms with Gasteiger partial charge in [0.2, 0.25) is 9.84 Å². The molecule has 0 aliphatic heterocycles. The summed E-state index contributed by atoms with van der Waals surface area (Å²) in [7, 11) is -3.66. The van der Waals surface area contributed by atoms with E-state index in [-0.39, 0.29) is 9.80 Å². The highest BCUT2D eigenvalue weighted by Crippen LogP contribution is 2.26. The summed E-state index contributed by atoms with van der Waals surface area (Å²) in [4.78, 5) is 11.5. The van der Waals surface area contributed by atoms with Crippen LogP contribution in [-0.2, 0) is 19.4 Å². The first kappa shape index (κ1) is 17.7. The topological polar surface area (TPSA) is 60.4 Å². The van der Waals surface area contributed by atoms with Crippen LogP contribution in [0.2, 0.25) is 0 Å². The Morgan fingerprint density at radius 1 is 1.08 bits per heavy atom. The van der Waals surface area contributed by atoms with E-state index >= 15 is 0 Å². The van der Waals surface area contributed by atoms with Crippen LogP contribution >= 0.6 is 0 Å². The van der Waals surface area contributed by atoms with Crippen molar-refractivity contribution in [1.29, 1.82) is 0 Å². The molecule has 0 N–H and O–H groups in total. The van der Waals surface area contributed by atoms with Gasteiger partial charge in [0, 0.05) is 6.08 Å². The molecule has 124 valence electrons. The maximum absolute atomic E-state index is 12.6. The lowest BCUT2D eigenvalue weighted by atomic mass is 10.2. The largest absolute Gasteiger partial charge is 0.463 e. The molecular formula is C19H18O4S. The third-order valence-electron chi connectivity index (χ3n) is 3.31. The van der Waals surface area contributed by atoms with Gasteiger partial charge in [-0.1, -0.05) is 49.0 Å². The van der Waals surface area contributed by atoms with Crippen LogP contribution in [0.4, 0.5) is 0 Å². The van der Waals surface area contributed by atoms with Crippen molar-refractivity contribution >= 4 is 26.8 Å². The first-order valence-electron chi connectivity index (χ1n) is 7.39. The Kier molecular flexibility index (Phi) is 5.71. The predicted octanol–water partition coefficient (Wildman–Crippen LogP) is 3.71. The number of ether oxygens (including phenoxy) is 1. The number of hydrogen-bond acceptors (Lipinski definition) is 4. The molecule has 0 atom stereocenters. The van der Waals surface area contributed by atoms with Crippen molar-refractivity contribution in [2.24, 2.45) is 0 Å². The molecule has 0 amide bonds. The fourth-order valence-corrected chi connectivity index (χ4v) is 3.26. The van der Waals surface area contributed by atoms with E-state index in [4.69, 9.17) is 4.74 Å². The second-order valence-corrected chi connectivity index (χ2v) is 6.92. The Balaban J connectivity index is 2.21. The summed E-state index contributed by atoms with van der Waals surface area (Å²) in [5.41, 5.74) is 1.26. The molecule has 0 aliphatic rings. The average Bonchev–Trinajstić information content (AvgIpc) is 2.60. The minimum absolute atomic E-state index is 0.0536. The summed E-state index contributed by atoms with van der Waals surface area (Å²) in [6.45, 7) is 5.75. The van der Waals surface area contributed by atoms with Crippen LogP contribution < -0.4 is 0 Å². The number of rotatable bonds is 6. The standard InChI is InChI=1S/C19H18O4S/c1-3-23-19(20)14-11-16-9-12-18(13-10-16)24(21,22)15(2)17-7-5-4-6-8-17/h4-14H,2-3H2,1H3/b14-11+. The minimum atomic E-state index is -3.66. The van der Waals surface area contributed by atoms with E-state index in [0.29, 0.717) is 17.7 Å². The molecule has 0 spiro atoms. The van der Waals surface area contributed by atoms with Gasteiger partial charge in [-0.15, -0.1) is 0 Å². The van der Waals surface area contributed by atoms with E-state index in [2.05, 4.69) is 6.58 Å². The smallest absolute Gasteiger partial charge is 0.330 e. The van der Waals surface area contributed by atoms with Crippen LogP contribution in [-0.4, -0.2) is 21.0 Å². The lowest BCUT2D eigenvalue weighted by molar-refractivity contribution is -0.137. The van der Waals surface area contributed by atoms with Crippen molar-refractivity contribution < 1.29 is 17.9 Å². The summed E-state index contributed by atoms with van der Waals surface area (Å²) in [5, 5.41) is 0. The van der Waals surface area contributed by atoms with E-state index in [9.17, 15) is 13.2 Å². The van der Waals surface area contributed by atoms with Crippen LogP contribution in [0.3, 0.4) is 0 Å². The van der Waals surface area contributed by atoms with Gasteiger partial charge >= 0.3 is 5.97 Å². The van der Waals surface area contributed by atoms with Crippen molar-refractivity contribution in [2.45, 2.75) is 11.8 Å². The van der Waals surface area contributed by atoms with E-state index < -0.39 is 15.8 Å². The third kappa shape index (κ3) is 4.20. The first-order chi connectivity index (χ1) is 11.4. The monoisotopic (exact) mass is 342 g/mol. The van der Waals surface area contributed by atoms with E-state index in [0.717, 1.165) is 0 Å². The Bertz CT molecular complexity index is 848. The maximum Gasteiger partial charge on any atom is 0.330 e. The van der Waals surface area contributed by atoms with Gasteiger partial charge in [0.05, 0.1) is 16.4 Å². The summed E-state index contributed by atoms with van der Waals surface area (Å²) >= 11 is 0. The zero-order valence-corrected chi connectivity index (χ0v) is 14.1. The molecule has 2 aromatic carbocycles. The summed E-state index contributed by atoms with van der Waals surface area (Å²) in [6.07, 6.45) is 2.87. The Hall–Kier alpha value is -2.66. The van der Waals surface area contributed by atoms with Crippen LogP contribution in [0, 0.1) is 0 Å².